The summed E-state index contributed by atoms with van der Waals surface area (Å²) in [5.41, 5.74) is 2.26. The van der Waals surface area contributed by atoms with Gasteiger partial charge in [-0.15, -0.1) is 0 Å². The van der Waals surface area contributed by atoms with Gasteiger partial charge in [0.15, 0.2) is 17.0 Å². The Morgan fingerprint density at radius 2 is 2.12 bits per heavy atom. The number of aromatic nitrogens is 4. The predicted molar refractivity (Wildman–Crippen MR) is 91.8 cm³/mol. The molecule has 2 heterocycles. The van der Waals surface area contributed by atoms with Gasteiger partial charge in [0.2, 0.25) is 5.28 Å². The number of benzene rings is 1. The van der Waals surface area contributed by atoms with Gasteiger partial charge in [-0.3, -0.25) is 0 Å². The van der Waals surface area contributed by atoms with Crippen molar-refractivity contribution < 1.29 is 9.53 Å². The van der Waals surface area contributed by atoms with Crippen molar-refractivity contribution >= 4 is 46.2 Å². The molecule has 0 bridgehead atoms. The van der Waals surface area contributed by atoms with Crippen LogP contribution in [-0.2, 0) is 11.3 Å². The molecule has 0 amide bonds. The van der Waals surface area contributed by atoms with Crippen molar-refractivity contribution in [2.45, 2.75) is 6.54 Å². The van der Waals surface area contributed by atoms with E-state index in [1.54, 1.807) is 36.1 Å². The maximum atomic E-state index is 11.9. The summed E-state index contributed by atoms with van der Waals surface area (Å²) in [4.78, 5) is 24.6. The van der Waals surface area contributed by atoms with Gasteiger partial charge >= 0.3 is 5.97 Å². The van der Waals surface area contributed by atoms with Crippen LogP contribution in [0.1, 0.15) is 15.9 Å². The summed E-state index contributed by atoms with van der Waals surface area (Å²) in [7, 11) is 3.06. The fourth-order valence-electron chi connectivity index (χ4n) is 2.39. The number of halogens is 2. The summed E-state index contributed by atoms with van der Waals surface area (Å²) in [6.45, 7) is 0.331. The highest BCUT2D eigenvalue weighted by molar-refractivity contribution is 6.30. The Morgan fingerprint density at radius 1 is 1.33 bits per heavy atom. The van der Waals surface area contributed by atoms with E-state index >= 15 is 0 Å². The van der Waals surface area contributed by atoms with Crippen LogP contribution in [0.4, 0.5) is 5.82 Å². The molecule has 0 aliphatic heterocycles. The second-order valence-corrected chi connectivity index (χ2v) is 5.70. The number of hydrogen-bond acceptors (Lipinski definition) is 6. The number of anilines is 1. The molecular weight excluding hydrogens is 353 g/mol. The van der Waals surface area contributed by atoms with Crippen molar-refractivity contribution in [2.75, 3.05) is 19.5 Å². The molecule has 1 N–H and O–H groups in total. The summed E-state index contributed by atoms with van der Waals surface area (Å²) in [5.74, 6) is 0.0951. The van der Waals surface area contributed by atoms with Gasteiger partial charge in [0, 0.05) is 12.1 Å². The lowest BCUT2D eigenvalue weighted by Gasteiger charge is -2.10. The minimum atomic E-state index is -0.436. The Kier molecular flexibility index (Phi) is 4.55. The summed E-state index contributed by atoms with van der Waals surface area (Å²) < 4.78 is 6.58. The van der Waals surface area contributed by atoms with E-state index in [1.165, 1.54) is 7.11 Å². The average Bonchev–Trinajstić information content (AvgIpc) is 2.96. The zero-order valence-corrected chi connectivity index (χ0v) is 14.4. The Bertz CT molecular complexity index is 926. The molecule has 3 aromatic rings. The highest BCUT2D eigenvalue weighted by atomic mass is 35.5. The van der Waals surface area contributed by atoms with Gasteiger partial charge in [-0.25, -0.2) is 9.78 Å². The van der Waals surface area contributed by atoms with Gasteiger partial charge in [0.1, 0.15) is 0 Å². The first-order valence-electron chi connectivity index (χ1n) is 6.96. The third-order valence-corrected chi connectivity index (χ3v) is 3.89. The lowest BCUT2D eigenvalue weighted by atomic mass is 10.1. The van der Waals surface area contributed by atoms with Gasteiger partial charge in [-0.2, -0.15) is 9.97 Å². The number of nitrogens with zero attached hydrogens (tertiary/aromatic N) is 4. The summed E-state index contributed by atoms with van der Waals surface area (Å²) in [6, 6.07) is 4.98. The Hall–Kier alpha value is -2.38. The van der Waals surface area contributed by atoms with Crippen molar-refractivity contribution in [1.82, 2.24) is 19.5 Å². The molecule has 0 unspecified atom stereocenters. The van der Waals surface area contributed by atoms with E-state index in [4.69, 9.17) is 27.9 Å². The molecule has 24 heavy (non-hydrogen) atoms. The molecule has 0 spiro atoms. The van der Waals surface area contributed by atoms with Gasteiger partial charge in [-0.05, 0) is 35.4 Å². The van der Waals surface area contributed by atoms with Crippen molar-refractivity contribution in [3.8, 4) is 0 Å². The van der Waals surface area contributed by atoms with Crippen LogP contribution in [-0.4, -0.2) is 39.6 Å². The van der Waals surface area contributed by atoms with Crippen LogP contribution in [0.3, 0.4) is 0 Å². The summed E-state index contributed by atoms with van der Waals surface area (Å²) in [6.07, 6.45) is 1.61. The number of imidazole rings is 1. The Labute approximate surface area is 147 Å². The minimum absolute atomic E-state index is 0.105. The van der Waals surface area contributed by atoms with Crippen LogP contribution >= 0.6 is 23.2 Å². The van der Waals surface area contributed by atoms with E-state index < -0.39 is 5.97 Å². The van der Waals surface area contributed by atoms with E-state index in [9.17, 15) is 4.79 Å². The fraction of sp³-hybridized carbons (Fsp3) is 0.200. The van der Waals surface area contributed by atoms with Gasteiger partial charge in [-0.1, -0.05) is 11.6 Å². The first kappa shape index (κ1) is 16.5. The monoisotopic (exact) mass is 365 g/mol. The van der Waals surface area contributed by atoms with Crippen LogP contribution in [0.25, 0.3) is 11.2 Å². The van der Waals surface area contributed by atoms with E-state index in [1.807, 2.05) is 0 Å². The van der Waals surface area contributed by atoms with E-state index in [0.29, 0.717) is 39.7 Å². The summed E-state index contributed by atoms with van der Waals surface area (Å²) in [5, 5.41) is 3.55. The molecule has 7 nitrogen and oxygen atoms in total. The smallest absolute Gasteiger partial charge is 0.338 e. The molecule has 0 fully saturated rings. The first-order chi connectivity index (χ1) is 11.5. The molecule has 3 rings (SSSR count). The zero-order chi connectivity index (χ0) is 17.3. The normalized spacial score (nSPS) is 10.8. The fourth-order valence-corrected chi connectivity index (χ4v) is 2.75. The molecule has 2 aromatic heterocycles. The van der Waals surface area contributed by atoms with Crippen molar-refractivity contribution in [3.63, 3.8) is 0 Å². The lowest BCUT2D eigenvalue weighted by Crippen LogP contribution is -2.09. The number of hydrogen-bond donors (Lipinski definition) is 1. The minimum Gasteiger partial charge on any atom is -0.465 e. The van der Waals surface area contributed by atoms with Crippen LogP contribution < -0.4 is 5.32 Å². The molecule has 124 valence electrons. The number of ether oxygens (including phenoxy) is 1. The molecule has 0 saturated carbocycles. The van der Waals surface area contributed by atoms with Crippen molar-refractivity contribution in [1.29, 1.82) is 0 Å². The second-order valence-electron chi connectivity index (χ2n) is 4.93. The number of carbonyl (C=O) groups excluding carboxylic acids is 1. The number of carbonyl (C=O) groups is 1. The average molecular weight is 366 g/mol. The molecular formula is C15H13Cl2N5O2. The number of fused-ring (bicyclic) bond motifs is 1. The van der Waals surface area contributed by atoms with Gasteiger partial charge in [0.05, 0.1) is 25.5 Å². The number of rotatable bonds is 4. The quantitative estimate of drug-likeness (QED) is 0.565. The zero-order valence-electron chi connectivity index (χ0n) is 12.9. The second kappa shape index (κ2) is 6.62. The standard InChI is InChI=1S/C15H13Cl2N5O2/c1-18-12-11-13(21-15(17)20-12)22(7-19-11)6-8-5-9(16)3-4-10(8)14(23)24-2/h3-5,7H,6H2,1-2H3,(H,18,20,21). The van der Waals surface area contributed by atoms with E-state index in [-0.39, 0.29) is 5.28 Å². The van der Waals surface area contributed by atoms with Crippen LogP contribution in [0.5, 0.6) is 0 Å². The SMILES string of the molecule is CNc1nc(Cl)nc2c1ncn2Cc1cc(Cl)ccc1C(=O)OC. The summed E-state index contributed by atoms with van der Waals surface area (Å²) >= 11 is 12.0. The maximum absolute atomic E-state index is 11.9. The first-order valence-corrected chi connectivity index (χ1v) is 7.72. The molecule has 0 saturated heterocycles. The maximum Gasteiger partial charge on any atom is 0.338 e. The topological polar surface area (TPSA) is 81.9 Å². The molecule has 0 radical (unpaired) electrons. The third kappa shape index (κ3) is 3.00. The van der Waals surface area contributed by atoms with Gasteiger partial charge < -0.3 is 14.6 Å². The molecule has 0 aliphatic carbocycles. The van der Waals surface area contributed by atoms with Crippen molar-refractivity contribution in [3.05, 3.63) is 46.0 Å². The molecule has 9 heteroatoms. The third-order valence-electron chi connectivity index (χ3n) is 3.49. The van der Waals surface area contributed by atoms with E-state index in [0.717, 1.165) is 0 Å². The Balaban J connectivity index is 2.09. The Morgan fingerprint density at radius 3 is 2.83 bits per heavy atom. The van der Waals surface area contributed by atoms with E-state index in [2.05, 4.69) is 20.3 Å². The number of methoxy groups -OCH3 is 1. The van der Waals surface area contributed by atoms with Gasteiger partial charge in [0.25, 0.3) is 0 Å². The molecule has 1 aromatic carbocycles. The number of esters is 1. The highest BCUT2D eigenvalue weighted by Crippen LogP contribution is 2.23. The highest BCUT2D eigenvalue weighted by Gasteiger charge is 2.16. The lowest BCUT2D eigenvalue weighted by molar-refractivity contribution is 0.0599. The molecule has 0 atom stereocenters. The van der Waals surface area contributed by atoms with Crippen LogP contribution in [0.15, 0.2) is 24.5 Å². The van der Waals surface area contributed by atoms with Crippen molar-refractivity contribution in [2.24, 2.45) is 0 Å². The van der Waals surface area contributed by atoms with Crippen LogP contribution in [0.2, 0.25) is 10.3 Å². The van der Waals surface area contributed by atoms with Crippen LogP contribution in [0, 0.1) is 0 Å². The predicted octanol–water partition coefficient (Wildman–Crippen LogP) is 3.01. The number of nitrogens with one attached hydrogen (secondary N) is 1. The largest absolute Gasteiger partial charge is 0.465 e. The molecule has 0 aliphatic rings.